The molecule has 0 spiro atoms. The summed E-state index contributed by atoms with van der Waals surface area (Å²) in [5, 5.41) is 19.4. The van der Waals surface area contributed by atoms with E-state index in [1.807, 2.05) is 66.7 Å². The largest absolute Gasteiger partial charge is 0.385 e. The number of ketones is 1. The number of piperidine rings is 1. The number of hydrogen-bond acceptors (Lipinski definition) is 4. The fourth-order valence-corrected chi connectivity index (χ4v) is 5.46. The first-order valence-corrected chi connectivity index (χ1v) is 13.3. The van der Waals surface area contributed by atoms with Crippen LogP contribution in [0.3, 0.4) is 0 Å². The Bertz CT molecular complexity index is 1350. The smallest absolute Gasteiger partial charge is 0.174 e. The van der Waals surface area contributed by atoms with Crippen molar-refractivity contribution in [3.8, 4) is 11.3 Å². The van der Waals surface area contributed by atoms with Crippen molar-refractivity contribution in [2.24, 2.45) is 0 Å². The monoisotopic (exact) mass is 533 g/mol. The van der Waals surface area contributed by atoms with Gasteiger partial charge >= 0.3 is 0 Å². The van der Waals surface area contributed by atoms with E-state index in [0.29, 0.717) is 40.6 Å². The molecule has 1 fully saturated rings. The highest BCUT2D eigenvalue weighted by atomic mass is 35.5. The average molecular weight is 534 g/mol. The van der Waals surface area contributed by atoms with E-state index in [2.05, 4.69) is 15.1 Å². The van der Waals surface area contributed by atoms with Gasteiger partial charge in [-0.15, -0.1) is 0 Å². The van der Waals surface area contributed by atoms with Gasteiger partial charge in [0.15, 0.2) is 5.78 Å². The number of benzene rings is 3. The molecular weight excluding hydrogens is 505 g/mol. The van der Waals surface area contributed by atoms with Gasteiger partial charge in [-0.05, 0) is 49.1 Å². The maximum atomic E-state index is 14.0. The van der Waals surface area contributed by atoms with Gasteiger partial charge in [0.25, 0.3) is 0 Å². The van der Waals surface area contributed by atoms with E-state index in [-0.39, 0.29) is 5.78 Å². The zero-order chi connectivity index (χ0) is 25.8. The van der Waals surface area contributed by atoms with Gasteiger partial charge in [0.1, 0.15) is 5.69 Å². The van der Waals surface area contributed by atoms with E-state index in [1.165, 1.54) is 0 Å². The van der Waals surface area contributed by atoms with Gasteiger partial charge in [0.2, 0.25) is 0 Å². The minimum atomic E-state index is -0.807. The molecule has 1 saturated heterocycles. The van der Waals surface area contributed by atoms with Crippen molar-refractivity contribution in [3.05, 3.63) is 112 Å². The average Bonchev–Trinajstić information content (AvgIpc) is 3.43. The third-order valence-corrected chi connectivity index (χ3v) is 8.08. The molecule has 37 heavy (non-hydrogen) atoms. The van der Waals surface area contributed by atoms with Crippen molar-refractivity contribution in [1.29, 1.82) is 0 Å². The highest BCUT2D eigenvalue weighted by molar-refractivity contribution is 6.42. The number of aliphatic hydroxyl groups is 1. The third-order valence-electron chi connectivity index (χ3n) is 7.34. The highest BCUT2D eigenvalue weighted by Crippen LogP contribution is 2.35. The second-order valence-corrected chi connectivity index (χ2v) is 10.4. The van der Waals surface area contributed by atoms with Gasteiger partial charge in [-0.1, -0.05) is 89.9 Å². The molecule has 2 N–H and O–H groups in total. The summed E-state index contributed by atoms with van der Waals surface area (Å²) >= 11 is 12.5. The van der Waals surface area contributed by atoms with Gasteiger partial charge in [0.05, 0.1) is 21.2 Å². The number of halogens is 2. The van der Waals surface area contributed by atoms with Crippen LogP contribution in [0.5, 0.6) is 0 Å². The second kappa shape index (κ2) is 11.2. The van der Waals surface area contributed by atoms with E-state index in [1.54, 1.807) is 18.3 Å². The zero-order valence-corrected chi connectivity index (χ0v) is 21.9. The third kappa shape index (κ3) is 5.65. The van der Waals surface area contributed by atoms with Crippen molar-refractivity contribution < 1.29 is 9.90 Å². The Hall–Kier alpha value is -2.96. The van der Waals surface area contributed by atoms with Crippen LogP contribution < -0.4 is 0 Å². The maximum Gasteiger partial charge on any atom is 0.174 e. The number of nitrogens with one attached hydrogen (secondary N) is 1. The molecule has 5 nitrogen and oxygen atoms in total. The SMILES string of the molecule is O=C(c1c[nH]nc1-c1ccccc1)C(CCN1CCC(O)(c2ccccc2)CC1)c1ccc(Cl)c(Cl)c1. The molecule has 4 aromatic rings. The second-order valence-electron chi connectivity index (χ2n) is 9.63. The summed E-state index contributed by atoms with van der Waals surface area (Å²) in [7, 11) is 0. The van der Waals surface area contributed by atoms with Crippen molar-refractivity contribution in [2.45, 2.75) is 30.8 Å². The van der Waals surface area contributed by atoms with Gasteiger partial charge in [-0.2, -0.15) is 5.10 Å². The topological polar surface area (TPSA) is 69.2 Å². The lowest BCUT2D eigenvalue weighted by atomic mass is 9.83. The standard InChI is InChI=1S/C30H29Cl2N3O2/c31-26-12-11-22(19-27(26)32)24(29(36)25-20-33-34-28(25)21-7-3-1-4-8-21)13-16-35-17-14-30(37,15-18-35)23-9-5-2-6-10-23/h1-12,19-20,24,37H,13-18H2,(H,33,34). The zero-order valence-electron chi connectivity index (χ0n) is 20.4. The van der Waals surface area contributed by atoms with E-state index in [4.69, 9.17) is 23.2 Å². The fraction of sp³-hybridized carbons (Fsp3) is 0.267. The highest BCUT2D eigenvalue weighted by Gasteiger charge is 2.34. The number of carbonyl (C=O) groups excluding carboxylic acids is 1. The molecular formula is C30H29Cl2N3O2. The lowest BCUT2D eigenvalue weighted by Crippen LogP contribution is -2.43. The Labute approximate surface area is 227 Å². The van der Waals surface area contributed by atoms with Crippen LogP contribution in [0.1, 0.15) is 46.7 Å². The first-order valence-electron chi connectivity index (χ1n) is 12.5. The van der Waals surface area contributed by atoms with Crippen molar-refractivity contribution in [1.82, 2.24) is 15.1 Å². The molecule has 0 bridgehead atoms. The molecule has 1 atom stereocenters. The number of Topliss-reactive ketones (excluding diaryl/α,β-unsaturated/α-hetero) is 1. The maximum absolute atomic E-state index is 14.0. The molecule has 1 aromatic heterocycles. The predicted octanol–water partition coefficient (Wildman–Crippen LogP) is 6.72. The molecule has 0 radical (unpaired) electrons. The van der Waals surface area contributed by atoms with Gasteiger partial charge in [-0.3, -0.25) is 9.89 Å². The Kier molecular flexibility index (Phi) is 7.77. The Morgan fingerprint density at radius 2 is 1.65 bits per heavy atom. The summed E-state index contributed by atoms with van der Waals surface area (Å²) in [5.41, 5.74) is 3.07. The summed E-state index contributed by atoms with van der Waals surface area (Å²) in [6.07, 6.45) is 3.60. The number of rotatable bonds is 8. The number of carbonyl (C=O) groups is 1. The summed E-state index contributed by atoms with van der Waals surface area (Å²) in [6, 6.07) is 25.0. The molecule has 1 unspecified atom stereocenters. The minimum absolute atomic E-state index is 0.0104. The molecule has 3 aromatic carbocycles. The van der Waals surface area contributed by atoms with E-state index in [0.717, 1.165) is 36.3 Å². The molecule has 1 aliphatic heterocycles. The number of hydrogen-bond donors (Lipinski definition) is 2. The van der Waals surface area contributed by atoms with Crippen molar-refractivity contribution >= 4 is 29.0 Å². The van der Waals surface area contributed by atoms with Crippen LogP contribution in [-0.2, 0) is 5.60 Å². The first-order chi connectivity index (χ1) is 17.9. The van der Waals surface area contributed by atoms with Crippen LogP contribution in [0.4, 0.5) is 0 Å². The quantitative estimate of drug-likeness (QED) is 0.246. The molecule has 0 saturated carbocycles. The molecule has 5 rings (SSSR count). The molecule has 2 heterocycles. The summed E-state index contributed by atoms with van der Waals surface area (Å²) < 4.78 is 0. The lowest BCUT2D eigenvalue weighted by molar-refractivity contribution is -0.0262. The van der Waals surface area contributed by atoms with Crippen LogP contribution in [-0.4, -0.2) is 45.6 Å². The summed E-state index contributed by atoms with van der Waals surface area (Å²) in [6.45, 7) is 2.24. The molecule has 190 valence electrons. The minimum Gasteiger partial charge on any atom is -0.385 e. The van der Waals surface area contributed by atoms with Crippen molar-refractivity contribution in [3.63, 3.8) is 0 Å². The fourth-order valence-electron chi connectivity index (χ4n) is 5.16. The van der Waals surface area contributed by atoms with Crippen LogP contribution >= 0.6 is 23.2 Å². The lowest BCUT2D eigenvalue weighted by Gasteiger charge is -2.39. The number of aromatic amines is 1. The number of H-pyrrole nitrogens is 1. The summed E-state index contributed by atoms with van der Waals surface area (Å²) in [4.78, 5) is 16.3. The normalized spacial score (nSPS) is 16.4. The van der Waals surface area contributed by atoms with Gasteiger partial charge in [0, 0.05) is 30.8 Å². The Balaban J connectivity index is 1.35. The van der Waals surface area contributed by atoms with Crippen LogP contribution in [0, 0.1) is 0 Å². The number of nitrogens with zero attached hydrogens (tertiary/aromatic N) is 2. The van der Waals surface area contributed by atoms with E-state index >= 15 is 0 Å². The first kappa shape index (κ1) is 25.7. The van der Waals surface area contributed by atoms with Crippen LogP contribution in [0.15, 0.2) is 85.1 Å². The molecule has 0 aliphatic carbocycles. The van der Waals surface area contributed by atoms with E-state index < -0.39 is 11.5 Å². The Morgan fingerprint density at radius 1 is 0.973 bits per heavy atom. The summed E-state index contributed by atoms with van der Waals surface area (Å²) in [5.74, 6) is -0.423. The molecule has 7 heteroatoms. The van der Waals surface area contributed by atoms with Gasteiger partial charge < -0.3 is 10.0 Å². The van der Waals surface area contributed by atoms with Crippen LogP contribution in [0.25, 0.3) is 11.3 Å². The molecule has 0 amide bonds. The van der Waals surface area contributed by atoms with Crippen LogP contribution in [0.2, 0.25) is 10.0 Å². The van der Waals surface area contributed by atoms with Crippen molar-refractivity contribution in [2.75, 3.05) is 19.6 Å². The van der Waals surface area contributed by atoms with Gasteiger partial charge in [-0.25, -0.2) is 0 Å². The number of aromatic nitrogens is 2. The number of likely N-dealkylation sites (tertiary alicyclic amines) is 1. The molecule has 1 aliphatic rings. The predicted molar refractivity (Wildman–Crippen MR) is 148 cm³/mol. The Morgan fingerprint density at radius 3 is 2.32 bits per heavy atom. The van der Waals surface area contributed by atoms with E-state index in [9.17, 15) is 9.90 Å².